The van der Waals surface area contributed by atoms with Crippen molar-refractivity contribution in [3.63, 3.8) is 0 Å². The van der Waals surface area contributed by atoms with E-state index in [1.807, 2.05) is 26.0 Å². The Balaban J connectivity index is 1.09. The Morgan fingerprint density at radius 3 is 1.81 bits per heavy atom. The van der Waals surface area contributed by atoms with Gasteiger partial charge in [-0.3, -0.25) is 86.9 Å². The number of nitrogens with two attached hydrogens (primary N) is 3. The van der Waals surface area contributed by atoms with Crippen LogP contribution in [0, 0.1) is 11.3 Å². The zero-order valence-electron chi connectivity index (χ0n) is 76.5. The van der Waals surface area contributed by atoms with Crippen molar-refractivity contribution < 1.29 is 96.8 Å². The van der Waals surface area contributed by atoms with E-state index >= 15 is 38.4 Å². The zero-order valence-corrected chi connectivity index (χ0v) is 78.1. The van der Waals surface area contributed by atoms with Gasteiger partial charge in [-0.25, -0.2) is 4.98 Å². The molecule has 0 aliphatic carbocycles. The molecule has 3 fully saturated rings. The maximum Gasteiger partial charge on any atom is 0.246 e. The van der Waals surface area contributed by atoms with Crippen molar-refractivity contribution in [2.75, 3.05) is 58.4 Å². The highest BCUT2D eigenvalue weighted by atomic mass is 32.2. The van der Waals surface area contributed by atoms with Crippen LogP contribution in [0.3, 0.4) is 0 Å². The van der Waals surface area contributed by atoms with Crippen molar-refractivity contribution in [3.05, 3.63) is 119 Å². The van der Waals surface area contributed by atoms with Gasteiger partial charge in [0.05, 0.1) is 37.8 Å². The second-order valence-electron chi connectivity index (χ2n) is 34.5. The predicted octanol–water partition coefficient (Wildman–Crippen LogP) is -2.54. The second kappa shape index (κ2) is 50.7. The van der Waals surface area contributed by atoms with E-state index < -0.39 is 241 Å². The number of aromatic hydroxyl groups is 1. The summed E-state index contributed by atoms with van der Waals surface area (Å²) < 4.78 is 0.806. The normalized spacial score (nSPS) is 24.7. The average molecular weight is 1910 g/mol. The van der Waals surface area contributed by atoms with Crippen LogP contribution in [-0.2, 0) is 107 Å². The van der Waals surface area contributed by atoms with E-state index in [1.165, 1.54) is 69.1 Å². The fraction of sp³-hybridized carbons (Fsp3) is 0.522. The molecule has 0 saturated carbocycles. The largest absolute Gasteiger partial charge is 0.508 e. The lowest BCUT2D eigenvalue weighted by atomic mass is 10.0. The van der Waals surface area contributed by atoms with Gasteiger partial charge in [-0.1, -0.05) is 102 Å². The minimum atomic E-state index is -1.88. The van der Waals surface area contributed by atoms with Crippen LogP contribution in [0.15, 0.2) is 96.9 Å². The van der Waals surface area contributed by atoms with Gasteiger partial charge in [-0.05, 0) is 110 Å². The number of phenols is 1. The lowest BCUT2D eigenvalue weighted by Gasteiger charge is -2.33. The highest BCUT2D eigenvalue weighted by Crippen LogP contribution is 2.30. The fourth-order valence-corrected chi connectivity index (χ4v) is 18.2. The van der Waals surface area contributed by atoms with Crippen LogP contribution in [0.2, 0.25) is 0 Å². The van der Waals surface area contributed by atoms with Gasteiger partial charge in [-0.15, -0.1) is 23.1 Å². The number of aromatic nitrogens is 3. The number of rotatable bonds is 26. The van der Waals surface area contributed by atoms with E-state index in [-0.39, 0.29) is 95.4 Å². The number of benzene rings is 3. The van der Waals surface area contributed by atoms with Crippen LogP contribution >= 0.6 is 23.1 Å². The van der Waals surface area contributed by atoms with Gasteiger partial charge < -0.3 is 126 Å². The zero-order chi connectivity index (χ0) is 98.4. The first-order chi connectivity index (χ1) is 64.4. The third kappa shape index (κ3) is 30.1. The quantitative estimate of drug-likeness (QED) is 0.0151. The molecule has 0 radical (unpaired) electrons. The van der Waals surface area contributed by atoms with E-state index in [9.17, 15) is 58.5 Å². The molecular formula is C90H125N23O20S2. The van der Waals surface area contributed by atoms with Crippen molar-refractivity contribution in [2.45, 2.75) is 234 Å². The van der Waals surface area contributed by atoms with Crippen molar-refractivity contribution in [3.8, 4) is 5.75 Å². The highest BCUT2D eigenvalue weighted by molar-refractivity contribution is 8.00. The van der Waals surface area contributed by atoms with Crippen LogP contribution in [0.25, 0.3) is 21.0 Å². The number of nitrogens with one attached hydrogen (secondary N) is 15. The Bertz CT molecular complexity index is 5210. The molecule has 24 N–H and O–H groups in total. The van der Waals surface area contributed by atoms with E-state index in [1.54, 1.807) is 61.8 Å². The molecule has 135 heavy (non-hydrogen) atoms. The number of para-hydroxylation sites is 1. The van der Waals surface area contributed by atoms with Gasteiger partial charge in [0.25, 0.3) is 0 Å². The maximum atomic E-state index is 15.4. The average Bonchev–Trinajstić information content (AvgIpc) is 1.65. The van der Waals surface area contributed by atoms with E-state index in [0.717, 1.165) is 36.1 Å². The van der Waals surface area contributed by atoms with Gasteiger partial charge in [-0.2, -0.15) is 0 Å². The number of thioether (sulfide) groups is 1. The molecule has 45 heteroatoms. The number of unbranched alkanes of at least 4 members (excludes halogenated alkanes) is 2. The van der Waals surface area contributed by atoms with Gasteiger partial charge in [0.1, 0.15) is 90.3 Å². The van der Waals surface area contributed by atoms with E-state index in [2.05, 4.69) is 78.8 Å². The molecule has 0 bridgehead atoms. The number of H-pyrrole nitrogens is 2. The molecule has 3 aliphatic heterocycles. The Morgan fingerprint density at radius 1 is 0.578 bits per heavy atom. The number of thiophene rings is 1. The van der Waals surface area contributed by atoms with Gasteiger partial charge in [0.2, 0.25) is 100 Å². The summed E-state index contributed by atoms with van der Waals surface area (Å²) in [5.41, 5.74) is 19.2. The Morgan fingerprint density at radius 2 is 1.16 bits per heavy atom. The maximum absolute atomic E-state index is 15.4. The molecule has 43 nitrogen and oxygen atoms in total. The predicted molar refractivity (Wildman–Crippen MR) is 499 cm³/mol. The minimum absolute atomic E-state index is 0.0140. The number of likely N-dealkylation sites (N-methyl/N-ethyl adjacent to an activating group) is 2. The third-order valence-electron chi connectivity index (χ3n) is 23.8. The van der Waals surface area contributed by atoms with Crippen molar-refractivity contribution in [2.24, 2.45) is 23.1 Å². The SMILES string of the molecule is CCCC[C@H]1NC(=O)[C@H](Cc2csc3ccccc23)NC(=O)[C@H](CO)NC(=O)[C@H](Cc2c[nH]c3ccccc23)NC(=O)[C@@H]2C[C@@H](O)CN2C(=O)[C@H](CC(C)C)NC(=O)[C@H](Cc2cnc[nH]2)NC(=O)[C@@H]2CCCN2C(=O)[C@@H](CC(N)=O)NC(=O)[C@H](C)N(C)C(=O)[C@H](Cc2ccc(O)cc2)NC(=O)CSC[C@@H](C(=O)NCC(N)=O)NC(=O)[C@H](CCCNC(=N)N)NC(=O)[C@H](CCCC)N(C)C1=O. The van der Waals surface area contributed by atoms with Crippen LogP contribution in [0.4, 0.5) is 0 Å². The molecule has 0 unspecified atom stereocenters. The van der Waals surface area contributed by atoms with Crippen LogP contribution in [-0.4, -0.2) is 305 Å². The fourth-order valence-electron chi connectivity index (χ4n) is 16.4. The first-order valence-electron chi connectivity index (χ1n) is 45.1. The monoisotopic (exact) mass is 1910 g/mol. The minimum Gasteiger partial charge on any atom is -0.508 e. The molecule has 0 spiro atoms. The van der Waals surface area contributed by atoms with E-state index in [4.69, 9.17) is 22.6 Å². The van der Waals surface area contributed by atoms with E-state index in [0.29, 0.717) is 64.4 Å². The Hall–Kier alpha value is -13.3. The number of hydrogen-bond acceptors (Lipinski definition) is 24. The summed E-state index contributed by atoms with van der Waals surface area (Å²) in [7, 11) is 2.54. The Labute approximate surface area is 788 Å². The number of aliphatic hydroxyl groups excluding tert-OH is 2. The number of imidazole rings is 1. The number of nitrogens with zero attached hydrogens (tertiary/aromatic N) is 5. The Kier molecular flexibility index (Phi) is 39.6. The van der Waals surface area contributed by atoms with Gasteiger partial charge in [0.15, 0.2) is 5.96 Å². The standard InChI is InChI=1S/C90H125N23O20S2/c1-8-10-20-60-86(130)111(7)69(23-11-9-2)83(127)101-59(22-16-30-96-90(93)94)78(122)109-68(77(121)98-41-74(92)118)45-134-46-75(119)100-65(33-50-26-28-54(115)29-27-50)87(131)110(6)49(5)76(120)106-66(38-73(91)117)88(132)112-31-17-24-70(112)84(128)105-63(36-53-40-95-47-99-53)81(125)107-64(32-48(3)4)89(133)113-42-55(116)37-71(113)85(129)104-61(34-51-39-97-58-21-14-12-18-56(51)58)80(124)108-67(43-114)82(126)103-62(79(123)102-60)35-52-44-135-72-25-15-13-19-57(52)72/h12-15,18-19,21,25-29,39-40,44,47-49,55,59-71,97,114-116H,8-11,16-17,20,22-24,30-38,41-43,45-46H2,1-7H3,(H2,91,117)(H2,92,118)(H,95,99)(H,98,121)(H,100,119)(H,101,127)(H,102,123)(H,103,126)(H,104,129)(H,105,128)(H,106,120)(H,107,125)(H,108,124)(H,109,122)(H4,93,94,96)/t49-,55+,59-,60+,61-,62-,63-,64-,65-,66+,67-,68-,69-,70-,71-/m0/s1. The smallest absolute Gasteiger partial charge is 0.246 e. The number of hydrogen-bond donors (Lipinski definition) is 21. The number of guanidine groups is 1. The summed E-state index contributed by atoms with van der Waals surface area (Å²) in [6.07, 6.45) is 2.04. The number of aromatic amines is 2. The molecule has 17 amide bonds. The first kappa shape index (κ1) is 105. The van der Waals surface area contributed by atoms with Crippen molar-refractivity contribution >= 4 is 150 Å². The molecule has 3 aromatic carbocycles. The molecule has 15 atom stereocenters. The lowest BCUT2D eigenvalue weighted by Crippen LogP contribution is -2.61. The summed E-state index contributed by atoms with van der Waals surface area (Å²) in [5.74, 6) is -18.2. The number of phenolic OH excluding ortho intramolecular Hbond substituents is 1. The summed E-state index contributed by atoms with van der Waals surface area (Å²) >= 11 is 2.10. The molecule has 3 saturated heterocycles. The highest BCUT2D eigenvalue weighted by Gasteiger charge is 2.46. The molecule has 6 aromatic rings. The molecule has 9 rings (SSSR count). The summed E-state index contributed by atoms with van der Waals surface area (Å²) in [4.78, 5) is 264. The third-order valence-corrected chi connectivity index (χ3v) is 25.8. The molecule has 3 aromatic heterocycles. The number of carbonyl (C=O) groups is 17. The summed E-state index contributed by atoms with van der Waals surface area (Å²) in [6.45, 7) is 6.00. The number of carbonyl (C=O) groups excluding carboxylic acids is 17. The number of fused-ring (bicyclic) bond motifs is 4. The van der Waals surface area contributed by atoms with Crippen molar-refractivity contribution in [1.82, 2.24) is 98.4 Å². The van der Waals surface area contributed by atoms with Crippen LogP contribution in [0.1, 0.15) is 140 Å². The molecule has 6 heterocycles. The van der Waals surface area contributed by atoms with Gasteiger partial charge in [0, 0.05) is 105 Å². The van der Waals surface area contributed by atoms with Gasteiger partial charge >= 0.3 is 0 Å². The number of amides is 17. The number of aliphatic hydroxyl groups is 2. The summed E-state index contributed by atoms with van der Waals surface area (Å²) in [6, 6.07) is -2.12. The molecule has 732 valence electrons. The lowest BCUT2D eigenvalue weighted by molar-refractivity contribution is -0.145. The topological polar surface area (TPSA) is 655 Å². The molecular weight excluding hydrogens is 1790 g/mol. The first-order valence-corrected chi connectivity index (χ1v) is 47.1. The van der Waals surface area contributed by atoms with Crippen molar-refractivity contribution in [1.29, 1.82) is 5.41 Å². The van der Waals surface area contributed by atoms with Crippen LogP contribution in [0.5, 0.6) is 5.75 Å². The molecule has 3 aliphatic rings. The second-order valence-corrected chi connectivity index (χ2v) is 36.4. The van der Waals surface area contributed by atoms with Crippen LogP contribution < -0.4 is 81.0 Å². The number of primary amides is 2. The summed E-state index contributed by atoms with van der Waals surface area (Å²) in [5, 5.41) is 75.6.